The van der Waals surface area contributed by atoms with Gasteiger partial charge in [-0.15, -0.1) is 0 Å². The molecule has 1 heteroatoms. The van der Waals surface area contributed by atoms with Gasteiger partial charge in [0.05, 0.1) is 0 Å². The summed E-state index contributed by atoms with van der Waals surface area (Å²) in [5.41, 5.74) is 8.63. The summed E-state index contributed by atoms with van der Waals surface area (Å²) in [4.78, 5) is 0. The second kappa shape index (κ2) is 6.70. The van der Waals surface area contributed by atoms with E-state index < -0.39 is 0 Å². The highest BCUT2D eigenvalue weighted by atomic mass is 14.5. The van der Waals surface area contributed by atoms with Gasteiger partial charge in [0.15, 0.2) is 0 Å². The maximum atomic E-state index is 5.78. The molecule has 1 atom stereocenters. The maximum absolute atomic E-state index is 5.78. The average Bonchev–Trinajstić information content (AvgIpc) is 2.29. The molecule has 0 spiro atoms. The van der Waals surface area contributed by atoms with Crippen LogP contribution >= 0.6 is 0 Å². The van der Waals surface area contributed by atoms with Gasteiger partial charge in [0.2, 0.25) is 0 Å². The first-order valence-electron chi connectivity index (χ1n) is 6.46. The lowest BCUT2D eigenvalue weighted by Gasteiger charge is -2.14. The molecule has 0 aliphatic carbocycles. The Labute approximate surface area is 100 Å². The molecule has 1 rings (SSSR count). The van der Waals surface area contributed by atoms with Crippen molar-refractivity contribution in [3.8, 4) is 0 Å². The van der Waals surface area contributed by atoms with Crippen LogP contribution in [0, 0.1) is 5.92 Å². The Morgan fingerprint density at radius 2 is 1.75 bits per heavy atom. The maximum Gasteiger partial charge on any atom is -0.00457 e. The van der Waals surface area contributed by atoms with Crippen molar-refractivity contribution in [1.82, 2.24) is 0 Å². The zero-order chi connectivity index (χ0) is 12.0. The largest absolute Gasteiger partial charge is 0.330 e. The van der Waals surface area contributed by atoms with E-state index >= 15 is 0 Å². The van der Waals surface area contributed by atoms with Crippen molar-refractivity contribution in [2.24, 2.45) is 11.7 Å². The van der Waals surface area contributed by atoms with Gasteiger partial charge in [-0.3, -0.25) is 0 Å². The zero-order valence-corrected chi connectivity index (χ0v) is 10.9. The molecule has 2 N–H and O–H groups in total. The van der Waals surface area contributed by atoms with Gasteiger partial charge in [0, 0.05) is 0 Å². The average molecular weight is 219 g/mol. The van der Waals surface area contributed by atoms with Crippen LogP contribution in [-0.4, -0.2) is 6.54 Å². The Kier molecular flexibility index (Phi) is 5.54. The minimum absolute atomic E-state index is 0.620. The number of rotatable bonds is 6. The highest BCUT2D eigenvalue weighted by molar-refractivity contribution is 5.25. The van der Waals surface area contributed by atoms with Gasteiger partial charge in [0.25, 0.3) is 0 Å². The molecule has 0 amide bonds. The van der Waals surface area contributed by atoms with Crippen LogP contribution in [0.25, 0.3) is 0 Å². The second-order valence-electron chi connectivity index (χ2n) is 4.99. The Bertz CT molecular complexity index is 287. The van der Waals surface area contributed by atoms with E-state index in [1.807, 2.05) is 0 Å². The summed E-state index contributed by atoms with van der Waals surface area (Å²) < 4.78 is 0. The van der Waals surface area contributed by atoms with Crippen LogP contribution in [0.15, 0.2) is 24.3 Å². The van der Waals surface area contributed by atoms with Gasteiger partial charge < -0.3 is 5.73 Å². The third-order valence-electron chi connectivity index (χ3n) is 3.20. The highest BCUT2D eigenvalue weighted by Gasteiger charge is 2.07. The van der Waals surface area contributed by atoms with Crippen LogP contribution in [0.5, 0.6) is 0 Å². The molecular weight excluding hydrogens is 194 g/mol. The van der Waals surface area contributed by atoms with Crippen molar-refractivity contribution in [2.45, 2.75) is 46.0 Å². The molecule has 1 aromatic carbocycles. The van der Waals surface area contributed by atoms with Crippen LogP contribution in [0.2, 0.25) is 0 Å². The molecule has 1 nitrogen and oxygen atoms in total. The Morgan fingerprint density at radius 1 is 1.12 bits per heavy atom. The molecule has 0 bridgehead atoms. The topological polar surface area (TPSA) is 26.0 Å². The Hall–Kier alpha value is -0.820. The van der Waals surface area contributed by atoms with Crippen molar-refractivity contribution < 1.29 is 0 Å². The van der Waals surface area contributed by atoms with Gasteiger partial charge >= 0.3 is 0 Å². The SMILES string of the molecule is CCCC(CN)Cc1ccc(C(C)C)cc1. The van der Waals surface area contributed by atoms with E-state index in [9.17, 15) is 0 Å². The van der Waals surface area contributed by atoms with Crippen LogP contribution < -0.4 is 5.73 Å². The molecule has 0 aromatic heterocycles. The molecule has 0 fully saturated rings. The van der Waals surface area contributed by atoms with Crippen molar-refractivity contribution >= 4 is 0 Å². The summed E-state index contributed by atoms with van der Waals surface area (Å²) in [6.45, 7) is 7.49. The summed E-state index contributed by atoms with van der Waals surface area (Å²) in [5, 5.41) is 0. The van der Waals surface area contributed by atoms with Crippen molar-refractivity contribution in [2.75, 3.05) is 6.54 Å². The molecular formula is C15H25N. The molecule has 0 aliphatic heterocycles. The normalized spacial score (nSPS) is 13.1. The quantitative estimate of drug-likeness (QED) is 0.775. The molecule has 0 heterocycles. The van der Waals surface area contributed by atoms with Crippen LogP contribution in [0.4, 0.5) is 0 Å². The van der Waals surface area contributed by atoms with Crippen LogP contribution in [0.3, 0.4) is 0 Å². The summed E-state index contributed by atoms with van der Waals surface area (Å²) in [6.07, 6.45) is 3.59. The number of hydrogen-bond donors (Lipinski definition) is 1. The van der Waals surface area contributed by atoms with E-state index in [1.54, 1.807) is 0 Å². The minimum Gasteiger partial charge on any atom is -0.330 e. The summed E-state index contributed by atoms with van der Waals surface area (Å²) in [7, 11) is 0. The van der Waals surface area contributed by atoms with Gasteiger partial charge in [-0.1, -0.05) is 51.5 Å². The summed E-state index contributed by atoms with van der Waals surface area (Å²) in [5.74, 6) is 1.27. The molecule has 0 saturated heterocycles. The lowest BCUT2D eigenvalue weighted by atomic mass is 9.93. The molecule has 90 valence electrons. The van der Waals surface area contributed by atoms with Crippen molar-refractivity contribution in [3.63, 3.8) is 0 Å². The molecule has 16 heavy (non-hydrogen) atoms. The summed E-state index contributed by atoms with van der Waals surface area (Å²) >= 11 is 0. The Balaban J connectivity index is 2.60. The lowest BCUT2D eigenvalue weighted by Crippen LogP contribution is -2.16. The molecule has 0 aliphatic rings. The van der Waals surface area contributed by atoms with E-state index in [-0.39, 0.29) is 0 Å². The van der Waals surface area contributed by atoms with Gasteiger partial charge in [-0.05, 0) is 42.3 Å². The molecule has 1 aromatic rings. The summed E-state index contributed by atoms with van der Waals surface area (Å²) in [6, 6.07) is 9.01. The number of nitrogens with two attached hydrogens (primary N) is 1. The first-order valence-corrected chi connectivity index (χ1v) is 6.46. The number of benzene rings is 1. The predicted molar refractivity (Wildman–Crippen MR) is 71.7 cm³/mol. The third-order valence-corrected chi connectivity index (χ3v) is 3.20. The standard InChI is InChI=1S/C15H25N/c1-4-5-14(11-16)10-13-6-8-15(9-7-13)12(2)3/h6-9,12,14H,4-5,10-11,16H2,1-3H3. The van der Waals surface area contributed by atoms with E-state index in [4.69, 9.17) is 5.73 Å². The molecule has 0 saturated carbocycles. The third kappa shape index (κ3) is 3.97. The second-order valence-corrected chi connectivity index (χ2v) is 4.99. The van der Waals surface area contributed by atoms with Crippen molar-refractivity contribution in [1.29, 1.82) is 0 Å². The fourth-order valence-electron chi connectivity index (χ4n) is 2.08. The van der Waals surface area contributed by atoms with Gasteiger partial charge in [-0.2, -0.15) is 0 Å². The monoisotopic (exact) mass is 219 g/mol. The van der Waals surface area contributed by atoms with Crippen LogP contribution in [-0.2, 0) is 6.42 Å². The predicted octanol–water partition coefficient (Wildman–Crippen LogP) is 3.73. The van der Waals surface area contributed by atoms with E-state index in [2.05, 4.69) is 45.0 Å². The zero-order valence-electron chi connectivity index (χ0n) is 10.9. The van der Waals surface area contributed by atoms with E-state index in [1.165, 1.54) is 24.0 Å². The van der Waals surface area contributed by atoms with E-state index in [0.717, 1.165) is 13.0 Å². The minimum atomic E-state index is 0.620. The molecule has 1 unspecified atom stereocenters. The van der Waals surface area contributed by atoms with Crippen molar-refractivity contribution in [3.05, 3.63) is 35.4 Å². The van der Waals surface area contributed by atoms with Crippen LogP contribution in [0.1, 0.15) is 50.7 Å². The fourth-order valence-corrected chi connectivity index (χ4v) is 2.08. The first kappa shape index (κ1) is 13.2. The van der Waals surface area contributed by atoms with Gasteiger partial charge in [0.1, 0.15) is 0 Å². The first-order chi connectivity index (χ1) is 7.67. The smallest absolute Gasteiger partial charge is 0.00457 e. The lowest BCUT2D eigenvalue weighted by molar-refractivity contribution is 0.487. The van der Waals surface area contributed by atoms with Gasteiger partial charge in [-0.25, -0.2) is 0 Å². The Morgan fingerprint density at radius 3 is 2.19 bits per heavy atom. The molecule has 0 radical (unpaired) electrons. The number of hydrogen-bond acceptors (Lipinski definition) is 1. The fraction of sp³-hybridized carbons (Fsp3) is 0.600. The van der Waals surface area contributed by atoms with E-state index in [0.29, 0.717) is 11.8 Å². The highest BCUT2D eigenvalue weighted by Crippen LogP contribution is 2.18.